The maximum atomic E-state index is 13.1. The molecule has 0 amide bonds. The fourth-order valence-corrected chi connectivity index (χ4v) is 4.27. The lowest BCUT2D eigenvalue weighted by atomic mass is 10.1. The SMILES string of the molecule is CCOC(=O)c1nc(-c2cccc(C)c2)n(-c2cc(Cl)ccc2C)c1-c1cc(Cl)ccc1Cl. The Labute approximate surface area is 207 Å². The first-order chi connectivity index (χ1) is 15.8. The topological polar surface area (TPSA) is 44.1 Å². The van der Waals surface area contributed by atoms with Gasteiger partial charge in [0.1, 0.15) is 5.82 Å². The summed E-state index contributed by atoms with van der Waals surface area (Å²) in [5.41, 5.74) is 4.82. The zero-order valence-corrected chi connectivity index (χ0v) is 20.6. The number of hydrogen-bond acceptors (Lipinski definition) is 3. The van der Waals surface area contributed by atoms with Crippen molar-refractivity contribution in [2.75, 3.05) is 6.61 Å². The van der Waals surface area contributed by atoms with Crippen molar-refractivity contribution in [1.29, 1.82) is 0 Å². The van der Waals surface area contributed by atoms with E-state index in [1.54, 1.807) is 25.1 Å². The standard InChI is InChI=1S/C26H21Cl3N2O2/c1-4-33-26(32)23-24(20-13-18(27)10-11-21(20)29)31(22-14-19(28)9-8-16(22)3)25(30-23)17-7-5-6-15(2)12-17/h5-14H,4H2,1-3H3. The second-order valence-corrected chi connectivity index (χ2v) is 8.89. The van der Waals surface area contributed by atoms with Gasteiger partial charge in [-0.1, -0.05) is 64.6 Å². The van der Waals surface area contributed by atoms with Crippen LogP contribution in [-0.2, 0) is 4.74 Å². The summed E-state index contributed by atoms with van der Waals surface area (Å²) >= 11 is 19.3. The molecule has 33 heavy (non-hydrogen) atoms. The quantitative estimate of drug-likeness (QED) is 0.262. The van der Waals surface area contributed by atoms with Gasteiger partial charge in [0.25, 0.3) is 0 Å². The molecule has 1 aromatic heterocycles. The highest BCUT2D eigenvalue weighted by Gasteiger charge is 2.28. The minimum atomic E-state index is -0.545. The monoisotopic (exact) mass is 498 g/mol. The average Bonchev–Trinajstić information content (AvgIpc) is 3.17. The number of ether oxygens (including phenoxy) is 1. The van der Waals surface area contributed by atoms with Crippen LogP contribution >= 0.6 is 34.8 Å². The lowest BCUT2D eigenvalue weighted by Gasteiger charge is -2.17. The highest BCUT2D eigenvalue weighted by molar-refractivity contribution is 6.35. The zero-order valence-electron chi connectivity index (χ0n) is 18.3. The van der Waals surface area contributed by atoms with Gasteiger partial charge < -0.3 is 4.74 Å². The third kappa shape index (κ3) is 4.65. The van der Waals surface area contributed by atoms with Crippen LogP contribution in [0.4, 0.5) is 0 Å². The number of rotatable bonds is 5. The summed E-state index contributed by atoms with van der Waals surface area (Å²) in [7, 11) is 0. The number of halogens is 3. The van der Waals surface area contributed by atoms with Crippen LogP contribution in [0.15, 0.2) is 60.7 Å². The van der Waals surface area contributed by atoms with Crippen molar-refractivity contribution in [3.8, 4) is 28.3 Å². The Morgan fingerprint density at radius 1 is 0.970 bits per heavy atom. The van der Waals surface area contributed by atoms with E-state index in [0.717, 1.165) is 22.4 Å². The molecule has 0 aliphatic rings. The molecule has 0 aliphatic carbocycles. The fraction of sp³-hybridized carbons (Fsp3) is 0.154. The number of benzene rings is 3. The molecule has 7 heteroatoms. The van der Waals surface area contributed by atoms with Crippen molar-refractivity contribution in [2.24, 2.45) is 0 Å². The van der Waals surface area contributed by atoms with Gasteiger partial charge in [0.2, 0.25) is 0 Å². The van der Waals surface area contributed by atoms with E-state index in [4.69, 9.17) is 44.5 Å². The van der Waals surface area contributed by atoms with E-state index < -0.39 is 5.97 Å². The van der Waals surface area contributed by atoms with Crippen LogP contribution in [0.5, 0.6) is 0 Å². The molecule has 0 unspecified atom stereocenters. The fourth-order valence-electron chi connectivity index (χ4n) is 3.73. The Kier molecular flexibility index (Phi) is 6.80. The summed E-state index contributed by atoms with van der Waals surface area (Å²) in [6.07, 6.45) is 0. The third-order valence-corrected chi connectivity index (χ3v) is 6.02. The van der Waals surface area contributed by atoms with E-state index >= 15 is 0 Å². The normalized spacial score (nSPS) is 11.0. The molecule has 0 atom stereocenters. The molecule has 0 bridgehead atoms. The number of hydrogen-bond donors (Lipinski definition) is 0. The minimum absolute atomic E-state index is 0.150. The molecule has 0 spiro atoms. The van der Waals surface area contributed by atoms with Crippen molar-refractivity contribution in [3.05, 3.63) is 92.6 Å². The van der Waals surface area contributed by atoms with E-state index in [2.05, 4.69) is 0 Å². The van der Waals surface area contributed by atoms with Gasteiger partial charge in [0, 0.05) is 21.2 Å². The Hall–Kier alpha value is -2.79. The number of carbonyl (C=O) groups is 1. The molecule has 4 rings (SSSR count). The smallest absolute Gasteiger partial charge is 0.359 e. The maximum absolute atomic E-state index is 13.1. The van der Waals surface area contributed by atoms with Gasteiger partial charge in [0.05, 0.1) is 23.0 Å². The van der Waals surface area contributed by atoms with Crippen LogP contribution in [0.2, 0.25) is 15.1 Å². The van der Waals surface area contributed by atoms with Crippen molar-refractivity contribution in [1.82, 2.24) is 9.55 Å². The summed E-state index contributed by atoms with van der Waals surface area (Å²) in [5.74, 6) is 0.0223. The minimum Gasteiger partial charge on any atom is -0.461 e. The Morgan fingerprint density at radius 2 is 1.70 bits per heavy atom. The van der Waals surface area contributed by atoms with E-state index in [-0.39, 0.29) is 12.3 Å². The summed E-state index contributed by atoms with van der Waals surface area (Å²) in [6, 6.07) is 18.6. The van der Waals surface area contributed by atoms with Crippen molar-refractivity contribution in [2.45, 2.75) is 20.8 Å². The average molecular weight is 500 g/mol. The predicted octanol–water partition coefficient (Wildman–Crippen LogP) is 7.96. The molecule has 4 aromatic rings. The lowest BCUT2D eigenvalue weighted by molar-refractivity contribution is 0.0521. The molecular weight excluding hydrogens is 479 g/mol. The van der Waals surface area contributed by atoms with E-state index in [9.17, 15) is 4.79 Å². The number of aromatic nitrogens is 2. The summed E-state index contributed by atoms with van der Waals surface area (Å²) in [5, 5.41) is 1.47. The van der Waals surface area contributed by atoms with Gasteiger partial charge >= 0.3 is 5.97 Å². The second-order valence-electron chi connectivity index (χ2n) is 7.61. The summed E-state index contributed by atoms with van der Waals surface area (Å²) < 4.78 is 7.26. The molecule has 4 nitrogen and oxygen atoms in total. The number of aryl methyl sites for hydroxylation is 2. The first-order valence-electron chi connectivity index (χ1n) is 10.4. The summed E-state index contributed by atoms with van der Waals surface area (Å²) in [4.78, 5) is 17.9. The van der Waals surface area contributed by atoms with E-state index in [1.807, 2.05) is 60.9 Å². The first kappa shape index (κ1) is 23.4. The van der Waals surface area contributed by atoms with Crippen molar-refractivity contribution in [3.63, 3.8) is 0 Å². The Morgan fingerprint density at radius 3 is 2.42 bits per heavy atom. The third-order valence-electron chi connectivity index (χ3n) is 5.22. The molecule has 0 saturated heterocycles. The zero-order chi connectivity index (χ0) is 23.7. The number of nitrogens with zero attached hydrogens (tertiary/aromatic N) is 2. The Balaban J connectivity index is 2.18. The Bertz CT molecular complexity index is 1360. The van der Waals surface area contributed by atoms with Crippen LogP contribution in [0.3, 0.4) is 0 Å². The molecular formula is C26H21Cl3N2O2. The molecule has 0 saturated carbocycles. The first-order valence-corrected chi connectivity index (χ1v) is 11.5. The number of carbonyl (C=O) groups excluding carboxylic acids is 1. The van der Waals surface area contributed by atoms with Gasteiger partial charge in [-0.05, 0) is 62.7 Å². The van der Waals surface area contributed by atoms with Crippen LogP contribution in [0, 0.1) is 13.8 Å². The summed E-state index contributed by atoms with van der Waals surface area (Å²) in [6.45, 7) is 5.94. The molecule has 1 heterocycles. The van der Waals surface area contributed by atoms with Gasteiger partial charge in [-0.2, -0.15) is 0 Å². The van der Waals surface area contributed by atoms with E-state index in [0.29, 0.717) is 32.1 Å². The van der Waals surface area contributed by atoms with Crippen molar-refractivity contribution >= 4 is 40.8 Å². The molecule has 0 N–H and O–H groups in total. The predicted molar refractivity (Wildman–Crippen MR) is 135 cm³/mol. The molecule has 0 fully saturated rings. The largest absolute Gasteiger partial charge is 0.461 e. The second kappa shape index (κ2) is 9.60. The lowest BCUT2D eigenvalue weighted by Crippen LogP contribution is -2.08. The maximum Gasteiger partial charge on any atom is 0.359 e. The molecule has 168 valence electrons. The molecule has 0 aliphatic heterocycles. The van der Waals surface area contributed by atoms with Gasteiger partial charge in [-0.15, -0.1) is 0 Å². The van der Waals surface area contributed by atoms with Crippen LogP contribution < -0.4 is 0 Å². The highest BCUT2D eigenvalue weighted by Crippen LogP contribution is 2.39. The van der Waals surface area contributed by atoms with Crippen molar-refractivity contribution < 1.29 is 9.53 Å². The van der Waals surface area contributed by atoms with Gasteiger partial charge in [0.15, 0.2) is 5.69 Å². The van der Waals surface area contributed by atoms with E-state index in [1.165, 1.54) is 0 Å². The molecule has 3 aromatic carbocycles. The van der Waals surface area contributed by atoms with Crippen LogP contribution in [0.25, 0.3) is 28.3 Å². The van der Waals surface area contributed by atoms with Crippen LogP contribution in [0.1, 0.15) is 28.5 Å². The number of esters is 1. The molecule has 0 radical (unpaired) electrons. The highest BCUT2D eigenvalue weighted by atomic mass is 35.5. The van der Waals surface area contributed by atoms with Gasteiger partial charge in [-0.25, -0.2) is 9.78 Å². The number of imidazole rings is 1. The van der Waals surface area contributed by atoms with Gasteiger partial charge in [-0.3, -0.25) is 4.57 Å². The van der Waals surface area contributed by atoms with Crippen LogP contribution in [-0.4, -0.2) is 22.1 Å².